The number of hydrogen-bond donors (Lipinski definition) is 2. The van der Waals surface area contributed by atoms with Crippen LogP contribution in [-0.4, -0.2) is 72.4 Å². The third kappa shape index (κ3) is 4.56. The van der Waals surface area contributed by atoms with Crippen molar-refractivity contribution in [2.75, 3.05) is 56.2 Å². The molecule has 0 unspecified atom stereocenters. The molecule has 9 nitrogen and oxygen atoms in total. The van der Waals surface area contributed by atoms with Gasteiger partial charge in [0, 0.05) is 55.9 Å². The van der Waals surface area contributed by atoms with Crippen LogP contribution in [0.1, 0.15) is 18.4 Å². The Bertz CT molecular complexity index is 1670. The van der Waals surface area contributed by atoms with Gasteiger partial charge in [-0.25, -0.2) is 13.8 Å². The Morgan fingerprint density at radius 2 is 2.08 bits per heavy atom. The predicted molar refractivity (Wildman–Crippen MR) is 146 cm³/mol. The van der Waals surface area contributed by atoms with Gasteiger partial charge >= 0.3 is 0 Å². The molecule has 1 aromatic carbocycles. The van der Waals surface area contributed by atoms with E-state index in [-0.39, 0.29) is 33.2 Å². The molecule has 0 saturated carbocycles. The van der Waals surface area contributed by atoms with E-state index in [0.29, 0.717) is 56.0 Å². The average molecular weight is 532 g/mol. The number of anilines is 2. The number of ether oxygens (including phenoxy) is 1. The number of rotatable bonds is 5. The lowest BCUT2D eigenvalue weighted by Gasteiger charge is -2.29. The van der Waals surface area contributed by atoms with Crippen molar-refractivity contribution in [1.29, 1.82) is 0 Å². The third-order valence-corrected chi connectivity index (χ3v) is 7.32. The number of halogens is 2. The standard InChI is InChI=1S/C28H27F2N7O2/c1-3-17-20(29)6-7-21-23(17)18(13-22(38)33-21)25-24(30)26-19(14-32-25)27(36(2)15-16-5-4-8-31-16)35-28(34-26)37-9-11-39-12-10-37/h1,6-7,13-14,16,31H,4-5,8-12,15H2,2H3,(H,33,38)/t16-/m0/s1. The molecular formula is C28H27F2N7O2. The van der Waals surface area contributed by atoms with Crippen molar-refractivity contribution >= 4 is 33.6 Å². The van der Waals surface area contributed by atoms with Gasteiger partial charge in [-0.1, -0.05) is 5.92 Å². The van der Waals surface area contributed by atoms with Gasteiger partial charge in [0.15, 0.2) is 5.82 Å². The van der Waals surface area contributed by atoms with E-state index < -0.39 is 17.2 Å². The van der Waals surface area contributed by atoms with Gasteiger partial charge in [-0.2, -0.15) is 4.98 Å². The van der Waals surface area contributed by atoms with Gasteiger partial charge in [-0.3, -0.25) is 9.78 Å². The van der Waals surface area contributed by atoms with Crippen molar-refractivity contribution in [3.05, 3.63) is 51.9 Å². The van der Waals surface area contributed by atoms with Gasteiger partial charge in [-0.05, 0) is 31.5 Å². The fraction of sp³-hybridized carbons (Fsp3) is 0.357. The Balaban J connectivity index is 1.57. The van der Waals surface area contributed by atoms with Gasteiger partial charge in [0.05, 0.1) is 29.7 Å². The molecule has 0 bridgehead atoms. The number of nitrogens with one attached hydrogen (secondary N) is 2. The summed E-state index contributed by atoms with van der Waals surface area (Å²) in [5.74, 6) is 1.88. The quantitative estimate of drug-likeness (QED) is 0.380. The lowest BCUT2D eigenvalue weighted by Crippen LogP contribution is -2.38. The highest BCUT2D eigenvalue weighted by Gasteiger charge is 2.25. The zero-order chi connectivity index (χ0) is 27.1. The molecule has 0 aliphatic carbocycles. The van der Waals surface area contributed by atoms with Gasteiger partial charge < -0.3 is 24.8 Å². The number of fused-ring (bicyclic) bond motifs is 2. The number of pyridine rings is 2. The van der Waals surface area contributed by atoms with Crippen LogP contribution in [0.15, 0.2) is 29.2 Å². The smallest absolute Gasteiger partial charge is 0.249 e. The molecule has 3 aromatic heterocycles. The van der Waals surface area contributed by atoms with E-state index in [2.05, 4.69) is 26.2 Å². The summed E-state index contributed by atoms with van der Waals surface area (Å²) in [6.45, 7) is 3.82. The number of H-pyrrole nitrogens is 1. The molecular weight excluding hydrogens is 504 g/mol. The molecule has 0 amide bonds. The molecule has 0 radical (unpaired) electrons. The molecule has 2 fully saturated rings. The molecule has 6 rings (SSSR count). The summed E-state index contributed by atoms with van der Waals surface area (Å²) in [5.41, 5.74) is -0.273. The fourth-order valence-electron chi connectivity index (χ4n) is 5.40. The third-order valence-electron chi connectivity index (χ3n) is 7.32. The molecule has 200 valence electrons. The maximum atomic E-state index is 16.5. The van der Waals surface area contributed by atoms with Crippen LogP contribution in [0, 0.1) is 24.0 Å². The summed E-state index contributed by atoms with van der Waals surface area (Å²) in [6.07, 6.45) is 9.27. The minimum Gasteiger partial charge on any atom is -0.378 e. The SMILES string of the molecule is C#Cc1c(F)ccc2[nH]c(=O)cc(-c3ncc4c(N(C)C[C@@H]5CCCN5)nc(N5CCOCC5)nc4c3F)c12. The van der Waals surface area contributed by atoms with Crippen LogP contribution in [0.4, 0.5) is 20.5 Å². The normalized spacial score (nSPS) is 17.6. The Morgan fingerprint density at radius 1 is 1.26 bits per heavy atom. The Kier molecular flexibility index (Phi) is 6.58. The minimum atomic E-state index is -0.739. The number of hydrogen-bond acceptors (Lipinski definition) is 8. The first-order valence-corrected chi connectivity index (χ1v) is 12.9. The van der Waals surface area contributed by atoms with Crippen molar-refractivity contribution < 1.29 is 13.5 Å². The molecule has 2 saturated heterocycles. The number of likely N-dealkylation sites (N-methyl/N-ethyl adjacent to an activating group) is 1. The maximum Gasteiger partial charge on any atom is 0.249 e. The highest BCUT2D eigenvalue weighted by molar-refractivity contribution is 6.00. The van der Waals surface area contributed by atoms with E-state index in [1.165, 1.54) is 24.4 Å². The first kappa shape index (κ1) is 25.2. The Morgan fingerprint density at radius 3 is 2.82 bits per heavy atom. The van der Waals surface area contributed by atoms with Gasteiger partial charge in [0.25, 0.3) is 0 Å². The summed E-state index contributed by atoms with van der Waals surface area (Å²) in [4.78, 5) is 33.0. The van der Waals surface area contributed by atoms with Gasteiger partial charge in [-0.15, -0.1) is 6.42 Å². The van der Waals surface area contributed by atoms with E-state index in [4.69, 9.17) is 16.1 Å². The largest absolute Gasteiger partial charge is 0.378 e. The molecule has 2 aliphatic heterocycles. The first-order valence-electron chi connectivity index (χ1n) is 12.9. The highest BCUT2D eigenvalue weighted by Crippen LogP contribution is 2.35. The van der Waals surface area contributed by atoms with Crippen molar-refractivity contribution in [3.8, 4) is 23.6 Å². The predicted octanol–water partition coefficient (Wildman–Crippen LogP) is 2.82. The summed E-state index contributed by atoms with van der Waals surface area (Å²) < 4.78 is 36.6. The number of morpholine rings is 1. The van der Waals surface area contributed by atoms with Crippen molar-refractivity contribution in [2.24, 2.45) is 0 Å². The van der Waals surface area contributed by atoms with Crippen LogP contribution < -0.4 is 20.7 Å². The second-order valence-corrected chi connectivity index (χ2v) is 9.84. The van der Waals surface area contributed by atoms with Crippen molar-refractivity contribution in [2.45, 2.75) is 18.9 Å². The second-order valence-electron chi connectivity index (χ2n) is 9.84. The molecule has 4 aromatic rings. The fourth-order valence-corrected chi connectivity index (χ4v) is 5.40. The van der Waals surface area contributed by atoms with Crippen LogP contribution in [0.2, 0.25) is 0 Å². The van der Waals surface area contributed by atoms with E-state index in [9.17, 15) is 9.18 Å². The zero-order valence-electron chi connectivity index (χ0n) is 21.4. The molecule has 11 heteroatoms. The number of nitrogens with zero attached hydrogens (tertiary/aromatic N) is 5. The molecule has 5 heterocycles. The van der Waals surface area contributed by atoms with Crippen LogP contribution in [-0.2, 0) is 4.74 Å². The van der Waals surface area contributed by atoms with Crippen LogP contribution in [0.3, 0.4) is 0 Å². The summed E-state index contributed by atoms with van der Waals surface area (Å²) in [6, 6.07) is 4.05. The molecule has 0 spiro atoms. The van der Waals surface area contributed by atoms with Crippen LogP contribution in [0.5, 0.6) is 0 Å². The number of aromatic amines is 1. The van der Waals surface area contributed by atoms with E-state index in [1.807, 2.05) is 16.8 Å². The minimum absolute atomic E-state index is 0.0600. The summed E-state index contributed by atoms with van der Waals surface area (Å²) in [7, 11) is 1.92. The number of terminal acetylenes is 1. The summed E-state index contributed by atoms with van der Waals surface area (Å²) >= 11 is 0. The molecule has 2 aliphatic rings. The lowest BCUT2D eigenvalue weighted by molar-refractivity contribution is 0.122. The number of aromatic nitrogens is 4. The van der Waals surface area contributed by atoms with E-state index >= 15 is 4.39 Å². The zero-order valence-corrected chi connectivity index (χ0v) is 21.4. The highest BCUT2D eigenvalue weighted by atomic mass is 19.1. The van der Waals surface area contributed by atoms with Crippen LogP contribution in [0.25, 0.3) is 33.1 Å². The molecule has 1 atom stereocenters. The topological polar surface area (TPSA) is 99.3 Å². The van der Waals surface area contributed by atoms with Gasteiger partial charge in [0.2, 0.25) is 11.5 Å². The molecule has 2 N–H and O–H groups in total. The summed E-state index contributed by atoms with van der Waals surface area (Å²) in [5, 5.41) is 4.12. The average Bonchev–Trinajstić information content (AvgIpc) is 3.46. The van der Waals surface area contributed by atoms with Crippen molar-refractivity contribution in [3.63, 3.8) is 0 Å². The monoisotopic (exact) mass is 531 g/mol. The Labute approximate surface area is 223 Å². The number of benzene rings is 1. The molecule has 39 heavy (non-hydrogen) atoms. The first-order chi connectivity index (χ1) is 18.9. The van der Waals surface area contributed by atoms with Crippen molar-refractivity contribution in [1.82, 2.24) is 25.3 Å². The van der Waals surface area contributed by atoms with Crippen LogP contribution >= 0.6 is 0 Å². The lowest BCUT2D eigenvalue weighted by atomic mass is 9.99. The second kappa shape index (κ2) is 10.2. The van der Waals surface area contributed by atoms with Gasteiger partial charge in [0.1, 0.15) is 22.8 Å². The van der Waals surface area contributed by atoms with E-state index in [1.54, 1.807) is 0 Å². The Hall–Kier alpha value is -4.14. The van der Waals surface area contributed by atoms with E-state index in [0.717, 1.165) is 19.4 Å². The maximum absolute atomic E-state index is 16.5.